The van der Waals surface area contributed by atoms with Crippen LogP contribution in [-0.4, -0.2) is 19.5 Å². The number of carbonyl (C=O) groups excluding carboxylic acids is 1. The van der Waals surface area contributed by atoms with E-state index in [0.29, 0.717) is 13.0 Å². The molecule has 2 N–H and O–H groups in total. The topological polar surface area (TPSA) is 41.1 Å². The lowest BCUT2D eigenvalue weighted by Crippen LogP contribution is -2.23. The van der Waals surface area contributed by atoms with Gasteiger partial charge in [-0.1, -0.05) is 18.2 Å². The standard InChI is InChI=1S/C14H18N2OS/c1-15-8-4-7-14(17)16-9-11-10-18-13-6-3-2-5-12(11)13/h2-3,5-6,10,15H,4,7-9H2,1H3,(H,16,17). The predicted molar refractivity (Wildman–Crippen MR) is 76.8 cm³/mol. The number of thiophene rings is 1. The molecule has 0 aliphatic carbocycles. The molecule has 0 saturated heterocycles. The molecule has 0 spiro atoms. The van der Waals surface area contributed by atoms with Gasteiger partial charge in [-0.15, -0.1) is 11.3 Å². The minimum atomic E-state index is 0.125. The molecular weight excluding hydrogens is 244 g/mol. The van der Waals surface area contributed by atoms with E-state index in [4.69, 9.17) is 0 Å². The molecule has 96 valence electrons. The summed E-state index contributed by atoms with van der Waals surface area (Å²) in [5.74, 6) is 0.125. The summed E-state index contributed by atoms with van der Waals surface area (Å²) >= 11 is 1.73. The van der Waals surface area contributed by atoms with E-state index in [0.717, 1.165) is 13.0 Å². The molecule has 18 heavy (non-hydrogen) atoms. The zero-order valence-electron chi connectivity index (χ0n) is 10.5. The van der Waals surface area contributed by atoms with E-state index < -0.39 is 0 Å². The molecule has 0 bridgehead atoms. The van der Waals surface area contributed by atoms with E-state index in [9.17, 15) is 4.79 Å². The van der Waals surface area contributed by atoms with Crippen LogP contribution in [0.3, 0.4) is 0 Å². The Kier molecular flexibility index (Phi) is 4.73. The number of fused-ring (bicyclic) bond motifs is 1. The Hall–Kier alpha value is -1.39. The summed E-state index contributed by atoms with van der Waals surface area (Å²) in [6, 6.07) is 8.29. The van der Waals surface area contributed by atoms with Gasteiger partial charge in [0.15, 0.2) is 0 Å². The highest BCUT2D eigenvalue weighted by Gasteiger charge is 2.05. The largest absolute Gasteiger partial charge is 0.352 e. The quantitative estimate of drug-likeness (QED) is 0.785. The number of benzene rings is 1. The van der Waals surface area contributed by atoms with Crippen LogP contribution >= 0.6 is 11.3 Å². The van der Waals surface area contributed by atoms with Crippen LogP contribution in [0.25, 0.3) is 10.1 Å². The molecule has 3 nitrogen and oxygen atoms in total. The molecular formula is C14H18N2OS. The van der Waals surface area contributed by atoms with Crippen LogP contribution in [0.15, 0.2) is 29.6 Å². The van der Waals surface area contributed by atoms with Crippen molar-refractivity contribution < 1.29 is 4.79 Å². The number of hydrogen-bond acceptors (Lipinski definition) is 3. The fourth-order valence-electron chi connectivity index (χ4n) is 1.88. The third-order valence-electron chi connectivity index (χ3n) is 2.87. The molecule has 1 aromatic carbocycles. The number of nitrogens with one attached hydrogen (secondary N) is 2. The minimum absolute atomic E-state index is 0.125. The van der Waals surface area contributed by atoms with Crippen molar-refractivity contribution in [1.82, 2.24) is 10.6 Å². The second-order valence-corrected chi connectivity index (χ2v) is 5.15. The van der Waals surface area contributed by atoms with Crippen LogP contribution in [0.4, 0.5) is 0 Å². The Balaban J connectivity index is 1.88. The molecule has 2 rings (SSSR count). The zero-order valence-corrected chi connectivity index (χ0v) is 11.3. The highest BCUT2D eigenvalue weighted by atomic mass is 32.1. The van der Waals surface area contributed by atoms with Crippen molar-refractivity contribution in [1.29, 1.82) is 0 Å². The molecule has 0 aliphatic rings. The molecule has 0 saturated carbocycles. The van der Waals surface area contributed by atoms with E-state index >= 15 is 0 Å². The fourth-order valence-corrected chi connectivity index (χ4v) is 2.84. The van der Waals surface area contributed by atoms with Gasteiger partial charge >= 0.3 is 0 Å². The van der Waals surface area contributed by atoms with Crippen LogP contribution in [0.1, 0.15) is 18.4 Å². The van der Waals surface area contributed by atoms with Crippen molar-refractivity contribution in [2.75, 3.05) is 13.6 Å². The van der Waals surface area contributed by atoms with Gasteiger partial charge in [0.25, 0.3) is 0 Å². The molecule has 0 aliphatic heterocycles. The van der Waals surface area contributed by atoms with E-state index in [1.807, 2.05) is 19.2 Å². The Bertz CT molecular complexity index is 521. The average molecular weight is 262 g/mol. The van der Waals surface area contributed by atoms with E-state index in [1.54, 1.807) is 11.3 Å². The highest BCUT2D eigenvalue weighted by molar-refractivity contribution is 7.17. The monoisotopic (exact) mass is 262 g/mol. The molecule has 1 aromatic heterocycles. The summed E-state index contributed by atoms with van der Waals surface area (Å²) in [5, 5.41) is 9.39. The first-order chi connectivity index (χ1) is 8.81. The van der Waals surface area contributed by atoms with Gasteiger partial charge in [-0.25, -0.2) is 0 Å². The predicted octanol–water partition coefficient (Wildman–Crippen LogP) is 2.52. The summed E-state index contributed by atoms with van der Waals surface area (Å²) in [5.41, 5.74) is 1.21. The first-order valence-corrected chi connectivity index (χ1v) is 7.05. The van der Waals surface area contributed by atoms with Crippen LogP contribution < -0.4 is 10.6 Å². The van der Waals surface area contributed by atoms with Gasteiger partial charge in [-0.05, 0) is 42.4 Å². The van der Waals surface area contributed by atoms with Crippen LogP contribution in [-0.2, 0) is 11.3 Å². The Morgan fingerprint density at radius 3 is 3.00 bits per heavy atom. The molecule has 0 unspecified atom stereocenters. The van der Waals surface area contributed by atoms with Crippen molar-refractivity contribution in [2.24, 2.45) is 0 Å². The minimum Gasteiger partial charge on any atom is -0.352 e. The van der Waals surface area contributed by atoms with Crippen LogP contribution in [0.5, 0.6) is 0 Å². The van der Waals surface area contributed by atoms with Crippen molar-refractivity contribution >= 4 is 27.3 Å². The lowest BCUT2D eigenvalue weighted by atomic mass is 10.2. The van der Waals surface area contributed by atoms with Crippen molar-refractivity contribution in [3.8, 4) is 0 Å². The lowest BCUT2D eigenvalue weighted by molar-refractivity contribution is -0.121. The van der Waals surface area contributed by atoms with Gasteiger partial charge in [-0.2, -0.15) is 0 Å². The smallest absolute Gasteiger partial charge is 0.220 e. The molecule has 0 atom stereocenters. The fraction of sp³-hybridized carbons (Fsp3) is 0.357. The Morgan fingerprint density at radius 2 is 2.17 bits per heavy atom. The number of rotatable bonds is 6. The molecule has 1 amide bonds. The summed E-state index contributed by atoms with van der Waals surface area (Å²) in [7, 11) is 1.90. The zero-order chi connectivity index (χ0) is 12.8. The number of carbonyl (C=O) groups is 1. The first-order valence-electron chi connectivity index (χ1n) is 6.17. The summed E-state index contributed by atoms with van der Waals surface area (Å²) in [6.45, 7) is 1.51. The lowest BCUT2D eigenvalue weighted by Gasteiger charge is -2.04. The molecule has 0 radical (unpaired) electrons. The Labute approximate surface area is 111 Å². The van der Waals surface area contributed by atoms with Gasteiger partial charge in [0.2, 0.25) is 5.91 Å². The van der Waals surface area contributed by atoms with Gasteiger partial charge in [0.05, 0.1) is 0 Å². The maximum Gasteiger partial charge on any atom is 0.220 e. The van der Waals surface area contributed by atoms with E-state index in [2.05, 4.69) is 28.1 Å². The normalized spacial score (nSPS) is 10.7. The molecule has 2 aromatic rings. The van der Waals surface area contributed by atoms with E-state index in [1.165, 1.54) is 15.6 Å². The van der Waals surface area contributed by atoms with Crippen molar-refractivity contribution in [3.63, 3.8) is 0 Å². The van der Waals surface area contributed by atoms with Crippen molar-refractivity contribution in [3.05, 3.63) is 35.2 Å². The first kappa shape index (κ1) is 13.1. The average Bonchev–Trinajstić information content (AvgIpc) is 2.80. The third kappa shape index (κ3) is 3.31. The molecule has 1 heterocycles. The molecule has 4 heteroatoms. The van der Waals surface area contributed by atoms with Crippen LogP contribution in [0.2, 0.25) is 0 Å². The summed E-state index contributed by atoms with van der Waals surface area (Å²) < 4.78 is 1.27. The van der Waals surface area contributed by atoms with Crippen molar-refractivity contribution in [2.45, 2.75) is 19.4 Å². The summed E-state index contributed by atoms with van der Waals surface area (Å²) in [6.07, 6.45) is 1.47. The number of amides is 1. The van der Waals surface area contributed by atoms with Gasteiger partial charge in [0, 0.05) is 17.7 Å². The Morgan fingerprint density at radius 1 is 1.33 bits per heavy atom. The van der Waals surface area contributed by atoms with Gasteiger partial charge < -0.3 is 10.6 Å². The second-order valence-electron chi connectivity index (χ2n) is 4.24. The van der Waals surface area contributed by atoms with Gasteiger partial charge in [0.1, 0.15) is 0 Å². The second kappa shape index (κ2) is 6.52. The highest BCUT2D eigenvalue weighted by Crippen LogP contribution is 2.25. The SMILES string of the molecule is CNCCCC(=O)NCc1csc2ccccc12. The maximum absolute atomic E-state index is 11.6. The maximum atomic E-state index is 11.6. The summed E-state index contributed by atoms with van der Waals surface area (Å²) in [4.78, 5) is 11.6. The van der Waals surface area contributed by atoms with Crippen LogP contribution in [0, 0.1) is 0 Å². The third-order valence-corrected chi connectivity index (χ3v) is 3.88. The number of hydrogen-bond donors (Lipinski definition) is 2. The molecule has 0 fully saturated rings. The van der Waals surface area contributed by atoms with Gasteiger partial charge in [-0.3, -0.25) is 4.79 Å². The van der Waals surface area contributed by atoms with E-state index in [-0.39, 0.29) is 5.91 Å².